The Bertz CT molecular complexity index is 501. The molecule has 2 rings (SSSR count). The maximum Gasteiger partial charge on any atom is 0.151 e. The Balaban J connectivity index is 2.29. The van der Waals surface area contributed by atoms with E-state index in [0.29, 0.717) is 17.4 Å². The van der Waals surface area contributed by atoms with Crippen LogP contribution in [0.15, 0.2) is 36.7 Å². The van der Waals surface area contributed by atoms with Crippen molar-refractivity contribution < 1.29 is 4.39 Å². The largest absolute Gasteiger partial charge is 0.328 e. The number of hydrogen-bond acceptors (Lipinski definition) is 3. The van der Waals surface area contributed by atoms with Crippen molar-refractivity contribution in [2.75, 3.05) is 11.9 Å². The zero-order chi connectivity index (χ0) is 12.3. The molecule has 0 unspecified atom stereocenters. The maximum atomic E-state index is 12.8. The summed E-state index contributed by atoms with van der Waals surface area (Å²) in [5, 5.41) is 0. The van der Waals surface area contributed by atoms with Crippen molar-refractivity contribution in [3.05, 3.63) is 48.2 Å². The van der Waals surface area contributed by atoms with Crippen molar-refractivity contribution in [2.24, 2.45) is 0 Å². The van der Waals surface area contributed by atoms with Crippen LogP contribution in [0.4, 0.5) is 15.9 Å². The molecular formula is C12H11ClFN3. The van der Waals surface area contributed by atoms with Crippen LogP contribution in [0.1, 0.15) is 5.69 Å². The highest BCUT2D eigenvalue weighted by Gasteiger charge is 2.06. The summed E-state index contributed by atoms with van der Waals surface area (Å²) in [5.74, 6) is 0.732. The van der Waals surface area contributed by atoms with Crippen molar-refractivity contribution in [1.29, 1.82) is 0 Å². The Morgan fingerprint density at radius 3 is 2.59 bits per heavy atom. The van der Waals surface area contributed by atoms with E-state index in [2.05, 4.69) is 9.97 Å². The molecule has 0 fully saturated rings. The van der Waals surface area contributed by atoms with Crippen LogP contribution in [0.3, 0.4) is 0 Å². The summed E-state index contributed by atoms with van der Waals surface area (Å²) >= 11 is 5.70. The first-order chi connectivity index (χ1) is 8.20. The number of alkyl halides is 1. The number of hydrogen-bond donors (Lipinski definition) is 0. The highest BCUT2D eigenvalue weighted by atomic mass is 35.5. The average Bonchev–Trinajstić information content (AvgIpc) is 2.39. The van der Waals surface area contributed by atoms with Gasteiger partial charge in [0.05, 0.1) is 17.8 Å². The fourth-order valence-electron chi connectivity index (χ4n) is 1.42. The molecule has 0 saturated carbocycles. The van der Waals surface area contributed by atoms with E-state index in [4.69, 9.17) is 11.6 Å². The van der Waals surface area contributed by atoms with Crippen LogP contribution in [-0.4, -0.2) is 17.0 Å². The normalized spacial score (nSPS) is 10.3. The third-order valence-corrected chi connectivity index (χ3v) is 2.64. The van der Waals surface area contributed by atoms with Crippen LogP contribution in [0.5, 0.6) is 0 Å². The summed E-state index contributed by atoms with van der Waals surface area (Å²) in [4.78, 5) is 10.2. The highest BCUT2D eigenvalue weighted by Crippen LogP contribution is 2.21. The fourth-order valence-corrected chi connectivity index (χ4v) is 1.55. The summed E-state index contributed by atoms with van der Waals surface area (Å²) in [7, 11) is 1.84. The van der Waals surface area contributed by atoms with E-state index >= 15 is 0 Å². The number of anilines is 2. The van der Waals surface area contributed by atoms with Crippen LogP contribution < -0.4 is 4.90 Å². The van der Waals surface area contributed by atoms with Crippen LogP contribution in [0.25, 0.3) is 0 Å². The van der Waals surface area contributed by atoms with Crippen molar-refractivity contribution in [2.45, 2.75) is 5.88 Å². The third kappa shape index (κ3) is 2.71. The minimum atomic E-state index is -0.261. The van der Waals surface area contributed by atoms with Crippen molar-refractivity contribution >= 4 is 23.1 Å². The first kappa shape index (κ1) is 11.8. The predicted molar refractivity (Wildman–Crippen MR) is 66.1 cm³/mol. The maximum absolute atomic E-state index is 12.8. The Hall–Kier alpha value is -1.68. The quantitative estimate of drug-likeness (QED) is 0.785. The fraction of sp³-hybridized carbons (Fsp3) is 0.167. The van der Waals surface area contributed by atoms with Gasteiger partial charge in [0.15, 0.2) is 5.82 Å². The minimum Gasteiger partial charge on any atom is -0.328 e. The van der Waals surface area contributed by atoms with Gasteiger partial charge in [0, 0.05) is 18.9 Å². The number of benzene rings is 1. The second kappa shape index (κ2) is 5.10. The Labute approximate surface area is 104 Å². The van der Waals surface area contributed by atoms with E-state index in [0.717, 1.165) is 5.69 Å². The molecule has 1 heterocycles. The van der Waals surface area contributed by atoms with E-state index in [9.17, 15) is 4.39 Å². The molecule has 0 spiro atoms. The van der Waals surface area contributed by atoms with Gasteiger partial charge in [0.25, 0.3) is 0 Å². The van der Waals surface area contributed by atoms with E-state index in [-0.39, 0.29) is 5.82 Å². The second-order valence-electron chi connectivity index (χ2n) is 3.54. The summed E-state index contributed by atoms with van der Waals surface area (Å²) in [6.45, 7) is 0. The molecule has 5 heteroatoms. The molecule has 3 nitrogen and oxygen atoms in total. The molecule has 1 aromatic carbocycles. The lowest BCUT2D eigenvalue weighted by molar-refractivity contribution is 0.628. The molecule has 0 aliphatic rings. The van der Waals surface area contributed by atoms with Gasteiger partial charge in [-0.05, 0) is 24.3 Å². The van der Waals surface area contributed by atoms with Gasteiger partial charge in [-0.1, -0.05) is 0 Å². The van der Waals surface area contributed by atoms with Crippen LogP contribution in [0, 0.1) is 5.82 Å². The van der Waals surface area contributed by atoms with Crippen molar-refractivity contribution in [3.63, 3.8) is 0 Å². The number of halogens is 2. The summed E-state index contributed by atoms with van der Waals surface area (Å²) in [5.41, 5.74) is 1.55. The lowest BCUT2D eigenvalue weighted by Crippen LogP contribution is -2.12. The van der Waals surface area contributed by atoms with E-state index in [1.54, 1.807) is 24.5 Å². The smallest absolute Gasteiger partial charge is 0.151 e. The van der Waals surface area contributed by atoms with E-state index in [1.165, 1.54) is 12.1 Å². The first-order valence-corrected chi connectivity index (χ1v) is 5.60. The van der Waals surface area contributed by atoms with Crippen LogP contribution >= 0.6 is 11.6 Å². The van der Waals surface area contributed by atoms with Gasteiger partial charge in [-0.3, -0.25) is 4.98 Å². The lowest BCUT2D eigenvalue weighted by Gasteiger charge is -2.18. The Morgan fingerprint density at radius 1 is 1.24 bits per heavy atom. The molecule has 0 bridgehead atoms. The number of nitrogens with zero attached hydrogens (tertiary/aromatic N) is 3. The highest BCUT2D eigenvalue weighted by molar-refractivity contribution is 6.16. The predicted octanol–water partition coefficient (Wildman–Crippen LogP) is 3.12. The molecule has 0 N–H and O–H groups in total. The Kier molecular flexibility index (Phi) is 3.54. The topological polar surface area (TPSA) is 29.0 Å². The molecule has 88 valence electrons. The third-order valence-electron chi connectivity index (χ3n) is 2.37. The minimum absolute atomic E-state index is 0.261. The Morgan fingerprint density at radius 2 is 1.94 bits per heavy atom. The van der Waals surface area contributed by atoms with Gasteiger partial charge in [-0.2, -0.15) is 0 Å². The second-order valence-corrected chi connectivity index (χ2v) is 3.80. The van der Waals surface area contributed by atoms with Crippen molar-refractivity contribution in [3.8, 4) is 0 Å². The monoisotopic (exact) mass is 251 g/mol. The summed E-state index contributed by atoms with van der Waals surface area (Å²) in [6, 6.07) is 6.18. The zero-order valence-electron chi connectivity index (χ0n) is 9.27. The molecular weight excluding hydrogens is 241 g/mol. The van der Waals surface area contributed by atoms with Gasteiger partial charge >= 0.3 is 0 Å². The molecule has 0 aliphatic carbocycles. The van der Waals surface area contributed by atoms with Crippen LogP contribution in [-0.2, 0) is 5.88 Å². The molecule has 0 aliphatic heterocycles. The molecule has 1 aromatic heterocycles. The summed E-state index contributed by atoms with van der Waals surface area (Å²) in [6.07, 6.45) is 3.26. The molecule has 17 heavy (non-hydrogen) atoms. The lowest BCUT2D eigenvalue weighted by atomic mass is 10.3. The van der Waals surface area contributed by atoms with E-state index < -0.39 is 0 Å². The standard InChI is InChI=1S/C12H11ClFN3/c1-17(11-4-2-9(14)3-5-11)12-8-15-7-10(6-13)16-12/h2-5,7-8H,6H2,1H3. The van der Waals surface area contributed by atoms with Gasteiger partial charge in [-0.25, -0.2) is 9.37 Å². The average molecular weight is 252 g/mol. The van der Waals surface area contributed by atoms with Crippen LogP contribution in [0.2, 0.25) is 0 Å². The molecule has 2 aromatic rings. The zero-order valence-corrected chi connectivity index (χ0v) is 10.0. The van der Waals surface area contributed by atoms with Gasteiger partial charge in [0.2, 0.25) is 0 Å². The van der Waals surface area contributed by atoms with Gasteiger partial charge < -0.3 is 4.90 Å². The number of rotatable bonds is 3. The molecule has 0 saturated heterocycles. The SMILES string of the molecule is CN(c1ccc(F)cc1)c1cncc(CCl)n1. The van der Waals surface area contributed by atoms with E-state index in [1.807, 2.05) is 11.9 Å². The number of aromatic nitrogens is 2. The summed E-state index contributed by atoms with van der Waals surface area (Å²) < 4.78 is 12.8. The molecule has 0 radical (unpaired) electrons. The molecule has 0 atom stereocenters. The van der Waals surface area contributed by atoms with Gasteiger partial charge in [0.1, 0.15) is 5.82 Å². The molecule has 0 amide bonds. The first-order valence-electron chi connectivity index (χ1n) is 5.07. The van der Waals surface area contributed by atoms with Crippen molar-refractivity contribution in [1.82, 2.24) is 9.97 Å². The van der Waals surface area contributed by atoms with Gasteiger partial charge in [-0.15, -0.1) is 11.6 Å².